The van der Waals surface area contributed by atoms with Gasteiger partial charge >= 0.3 is 0 Å². The molecular formula is C15H22N2O2. The van der Waals surface area contributed by atoms with E-state index in [0.29, 0.717) is 0 Å². The van der Waals surface area contributed by atoms with Gasteiger partial charge in [-0.15, -0.1) is 0 Å². The molecule has 1 atom stereocenters. The fourth-order valence-corrected chi connectivity index (χ4v) is 2.50. The van der Waals surface area contributed by atoms with Crippen LogP contribution in [-0.4, -0.2) is 12.0 Å². The first-order valence-corrected chi connectivity index (χ1v) is 6.90. The maximum Gasteiger partial charge on any atom is 0.275 e. The standard InChI is InChI=1S/C15H22N2O2/c1-10(2)14(15(18)17-16)19-13-8-7-11-5-3-4-6-12(11)9-13/h7-10,14H,3-6,16H2,1-2H3,(H,17,18). The van der Waals surface area contributed by atoms with Crippen LogP contribution in [0.1, 0.15) is 37.8 Å². The van der Waals surface area contributed by atoms with Crippen LogP contribution in [0.2, 0.25) is 0 Å². The average molecular weight is 262 g/mol. The van der Waals surface area contributed by atoms with Gasteiger partial charge in [-0.1, -0.05) is 19.9 Å². The number of nitrogens with two attached hydrogens (primary N) is 1. The lowest BCUT2D eigenvalue weighted by molar-refractivity contribution is -0.129. The van der Waals surface area contributed by atoms with E-state index in [0.717, 1.165) is 18.6 Å². The Hall–Kier alpha value is -1.55. The quantitative estimate of drug-likeness (QED) is 0.495. The summed E-state index contributed by atoms with van der Waals surface area (Å²) in [6.07, 6.45) is 4.19. The number of hydrogen-bond donors (Lipinski definition) is 2. The molecule has 0 fully saturated rings. The van der Waals surface area contributed by atoms with E-state index < -0.39 is 6.10 Å². The number of carbonyl (C=O) groups excluding carboxylic acids is 1. The van der Waals surface area contributed by atoms with Gasteiger partial charge in [0.2, 0.25) is 0 Å². The molecule has 1 aromatic carbocycles. The predicted molar refractivity (Wildman–Crippen MR) is 74.7 cm³/mol. The normalized spacial score (nSPS) is 15.8. The van der Waals surface area contributed by atoms with Crippen molar-refractivity contribution >= 4 is 5.91 Å². The molecule has 1 amide bonds. The highest BCUT2D eigenvalue weighted by Crippen LogP contribution is 2.26. The van der Waals surface area contributed by atoms with Gasteiger partial charge in [-0.05, 0) is 54.9 Å². The third-order valence-electron chi connectivity index (χ3n) is 3.59. The summed E-state index contributed by atoms with van der Waals surface area (Å²) in [5.41, 5.74) is 4.92. The molecule has 0 aliphatic heterocycles. The lowest BCUT2D eigenvalue weighted by Gasteiger charge is -2.22. The summed E-state index contributed by atoms with van der Waals surface area (Å²) in [4.78, 5) is 11.7. The maximum absolute atomic E-state index is 11.7. The molecule has 1 aromatic rings. The third kappa shape index (κ3) is 3.26. The number of nitrogens with one attached hydrogen (secondary N) is 1. The number of carbonyl (C=O) groups is 1. The Balaban J connectivity index is 2.15. The molecule has 4 nitrogen and oxygen atoms in total. The first-order chi connectivity index (χ1) is 9.11. The van der Waals surface area contributed by atoms with Gasteiger partial charge in [-0.3, -0.25) is 10.2 Å². The van der Waals surface area contributed by atoms with Gasteiger partial charge in [0.1, 0.15) is 5.75 Å². The van der Waals surface area contributed by atoms with Crippen molar-refractivity contribution in [1.29, 1.82) is 0 Å². The van der Waals surface area contributed by atoms with E-state index in [1.165, 1.54) is 24.0 Å². The zero-order valence-electron chi connectivity index (χ0n) is 11.6. The van der Waals surface area contributed by atoms with Crippen LogP contribution in [-0.2, 0) is 17.6 Å². The minimum atomic E-state index is -0.549. The number of aryl methyl sites for hydroxylation is 2. The second-order valence-corrected chi connectivity index (χ2v) is 5.43. The summed E-state index contributed by atoms with van der Waals surface area (Å²) in [7, 11) is 0. The third-order valence-corrected chi connectivity index (χ3v) is 3.59. The number of benzene rings is 1. The lowest BCUT2D eigenvalue weighted by atomic mass is 9.92. The second kappa shape index (κ2) is 6.06. The lowest BCUT2D eigenvalue weighted by Crippen LogP contribution is -2.44. The van der Waals surface area contributed by atoms with Crippen LogP contribution in [0.15, 0.2) is 18.2 Å². The molecule has 0 bridgehead atoms. The van der Waals surface area contributed by atoms with E-state index >= 15 is 0 Å². The fraction of sp³-hybridized carbons (Fsp3) is 0.533. The summed E-state index contributed by atoms with van der Waals surface area (Å²) >= 11 is 0. The number of hydrogen-bond acceptors (Lipinski definition) is 3. The van der Waals surface area contributed by atoms with Crippen LogP contribution in [0.5, 0.6) is 5.75 Å². The van der Waals surface area contributed by atoms with Crippen LogP contribution < -0.4 is 16.0 Å². The average Bonchev–Trinajstić information content (AvgIpc) is 2.43. The van der Waals surface area contributed by atoms with Crippen molar-refractivity contribution in [2.45, 2.75) is 45.6 Å². The van der Waals surface area contributed by atoms with Crippen molar-refractivity contribution in [1.82, 2.24) is 5.43 Å². The van der Waals surface area contributed by atoms with Crippen LogP contribution >= 0.6 is 0 Å². The van der Waals surface area contributed by atoms with Crippen molar-refractivity contribution in [3.05, 3.63) is 29.3 Å². The number of fused-ring (bicyclic) bond motifs is 1. The molecule has 2 rings (SSSR count). The van der Waals surface area contributed by atoms with Gasteiger partial charge in [0, 0.05) is 0 Å². The molecule has 1 unspecified atom stereocenters. The SMILES string of the molecule is CC(C)C(Oc1ccc2c(c1)CCCC2)C(=O)NN. The minimum Gasteiger partial charge on any atom is -0.480 e. The van der Waals surface area contributed by atoms with Gasteiger partial charge in [0.05, 0.1) is 0 Å². The predicted octanol–water partition coefficient (Wildman–Crippen LogP) is 1.96. The molecule has 0 radical (unpaired) electrons. The number of amides is 1. The molecule has 4 heteroatoms. The Kier molecular flexibility index (Phi) is 4.43. The van der Waals surface area contributed by atoms with Gasteiger partial charge in [-0.2, -0.15) is 0 Å². The van der Waals surface area contributed by atoms with E-state index in [9.17, 15) is 4.79 Å². The Morgan fingerprint density at radius 1 is 1.26 bits per heavy atom. The van der Waals surface area contributed by atoms with Gasteiger partial charge in [0.15, 0.2) is 6.10 Å². The highest BCUT2D eigenvalue weighted by molar-refractivity contribution is 5.80. The monoisotopic (exact) mass is 262 g/mol. The van der Waals surface area contributed by atoms with E-state index in [1.807, 2.05) is 19.9 Å². The topological polar surface area (TPSA) is 64.3 Å². The van der Waals surface area contributed by atoms with Gasteiger partial charge in [-0.25, -0.2) is 5.84 Å². The van der Waals surface area contributed by atoms with Gasteiger partial charge in [0.25, 0.3) is 5.91 Å². The Morgan fingerprint density at radius 2 is 1.95 bits per heavy atom. The van der Waals surface area contributed by atoms with E-state index in [2.05, 4.69) is 17.6 Å². The molecule has 1 aliphatic rings. The fourth-order valence-electron chi connectivity index (χ4n) is 2.50. The van der Waals surface area contributed by atoms with E-state index in [-0.39, 0.29) is 11.8 Å². The van der Waals surface area contributed by atoms with Crippen LogP contribution in [0.25, 0.3) is 0 Å². The number of rotatable bonds is 4. The summed E-state index contributed by atoms with van der Waals surface area (Å²) in [5, 5.41) is 0. The highest BCUT2D eigenvalue weighted by atomic mass is 16.5. The molecule has 19 heavy (non-hydrogen) atoms. The van der Waals surface area contributed by atoms with Crippen molar-refractivity contribution in [2.75, 3.05) is 0 Å². The van der Waals surface area contributed by atoms with Crippen molar-refractivity contribution in [3.8, 4) is 5.75 Å². The molecule has 104 valence electrons. The zero-order chi connectivity index (χ0) is 13.8. The van der Waals surface area contributed by atoms with E-state index in [1.54, 1.807) is 0 Å². The molecule has 0 aromatic heterocycles. The number of hydrazine groups is 1. The van der Waals surface area contributed by atoms with Crippen molar-refractivity contribution in [2.24, 2.45) is 11.8 Å². The molecule has 3 N–H and O–H groups in total. The van der Waals surface area contributed by atoms with Crippen LogP contribution in [0, 0.1) is 5.92 Å². The van der Waals surface area contributed by atoms with Crippen molar-refractivity contribution < 1.29 is 9.53 Å². The minimum absolute atomic E-state index is 0.0691. The Labute approximate surface area is 114 Å². The molecule has 0 spiro atoms. The molecule has 1 aliphatic carbocycles. The molecular weight excluding hydrogens is 240 g/mol. The first-order valence-electron chi connectivity index (χ1n) is 6.90. The zero-order valence-corrected chi connectivity index (χ0v) is 11.6. The highest BCUT2D eigenvalue weighted by Gasteiger charge is 2.23. The Morgan fingerprint density at radius 3 is 2.58 bits per heavy atom. The summed E-state index contributed by atoms with van der Waals surface area (Å²) in [6.45, 7) is 3.89. The molecule has 0 heterocycles. The summed E-state index contributed by atoms with van der Waals surface area (Å²) < 4.78 is 5.80. The van der Waals surface area contributed by atoms with E-state index in [4.69, 9.17) is 10.6 Å². The largest absolute Gasteiger partial charge is 0.480 e. The van der Waals surface area contributed by atoms with Crippen molar-refractivity contribution in [3.63, 3.8) is 0 Å². The van der Waals surface area contributed by atoms with Gasteiger partial charge < -0.3 is 4.74 Å². The first kappa shape index (κ1) is 13.9. The molecule has 0 saturated heterocycles. The summed E-state index contributed by atoms with van der Waals surface area (Å²) in [5.74, 6) is 5.73. The Bertz CT molecular complexity index is 457. The number of ether oxygens (including phenoxy) is 1. The second-order valence-electron chi connectivity index (χ2n) is 5.43. The van der Waals surface area contributed by atoms with Crippen LogP contribution in [0.4, 0.5) is 0 Å². The van der Waals surface area contributed by atoms with Crippen LogP contribution in [0.3, 0.4) is 0 Å². The maximum atomic E-state index is 11.7. The summed E-state index contributed by atoms with van der Waals surface area (Å²) in [6, 6.07) is 6.12. The smallest absolute Gasteiger partial charge is 0.275 e. The molecule has 0 saturated carbocycles.